The predicted molar refractivity (Wildman–Crippen MR) is 83.8 cm³/mol. The Morgan fingerprint density at radius 1 is 1.30 bits per heavy atom. The highest BCUT2D eigenvalue weighted by Gasteiger charge is 2.22. The molecule has 2 fully saturated rings. The van der Waals surface area contributed by atoms with Gasteiger partial charge < -0.3 is 5.32 Å². The van der Waals surface area contributed by atoms with Crippen molar-refractivity contribution in [3.8, 4) is 0 Å². The lowest BCUT2D eigenvalue weighted by Crippen LogP contribution is -2.37. The van der Waals surface area contributed by atoms with Crippen LogP contribution in [-0.4, -0.2) is 41.6 Å². The second-order valence-electron chi connectivity index (χ2n) is 5.44. The zero-order chi connectivity index (χ0) is 13.8. The van der Waals surface area contributed by atoms with Crippen LogP contribution in [0.15, 0.2) is 24.3 Å². The molecule has 3 rings (SSSR count). The minimum atomic E-state index is -0.0516. The lowest BCUT2D eigenvalue weighted by atomic mass is 10.2. The molecular weight excluding hydrogens is 270 g/mol. The van der Waals surface area contributed by atoms with Crippen molar-refractivity contribution in [3.05, 3.63) is 29.8 Å². The molecule has 0 bridgehead atoms. The van der Waals surface area contributed by atoms with E-state index in [0.717, 1.165) is 23.9 Å². The smallest absolute Gasteiger partial charge is 0.242 e. The molecule has 0 aliphatic carbocycles. The van der Waals surface area contributed by atoms with Gasteiger partial charge in [0.2, 0.25) is 5.91 Å². The van der Waals surface area contributed by atoms with Gasteiger partial charge in [0, 0.05) is 23.9 Å². The molecule has 108 valence electrons. The number of nitrogens with zero attached hydrogens (tertiary/aromatic N) is 1. The number of nitrogens with one attached hydrogen (secondary N) is 2. The largest absolute Gasteiger partial charge is 0.325 e. The summed E-state index contributed by atoms with van der Waals surface area (Å²) in [5.74, 6) is 1.80. The Bertz CT molecular complexity index is 451. The van der Waals surface area contributed by atoms with Gasteiger partial charge in [-0.2, -0.15) is 0 Å². The van der Waals surface area contributed by atoms with Crippen molar-refractivity contribution in [2.75, 3.05) is 30.0 Å². The molecule has 1 atom stereocenters. The Morgan fingerprint density at radius 3 is 2.70 bits per heavy atom. The third-order valence-corrected chi connectivity index (χ3v) is 4.80. The molecule has 1 amide bonds. The fraction of sp³-hybridized carbons (Fsp3) is 0.533. The molecule has 2 heterocycles. The highest BCUT2D eigenvalue weighted by molar-refractivity contribution is 7.99. The minimum Gasteiger partial charge on any atom is -0.325 e. The van der Waals surface area contributed by atoms with Crippen LogP contribution >= 0.6 is 11.8 Å². The van der Waals surface area contributed by atoms with Crippen LogP contribution < -0.4 is 10.6 Å². The minimum absolute atomic E-state index is 0.0516. The summed E-state index contributed by atoms with van der Waals surface area (Å²) in [5.41, 5.74) is 2.21. The number of rotatable bonds is 4. The van der Waals surface area contributed by atoms with E-state index in [4.69, 9.17) is 0 Å². The van der Waals surface area contributed by atoms with Crippen LogP contribution in [0.3, 0.4) is 0 Å². The van der Waals surface area contributed by atoms with Crippen molar-refractivity contribution in [3.63, 3.8) is 0 Å². The van der Waals surface area contributed by atoms with E-state index in [9.17, 15) is 4.79 Å². The molecule has 1 aromatic rings. The van der Waals surface area contributed by atoms with Crippen LogP contribution in [-0.2, 0) is 11.3 Å². The maximum atomic E-state index is 12.0. The van der Waals surface area contributed by atoms with Crippen LogP contribution in [0.2, 0.25) is 0 Å². The molecule has 20 heavy (non-hydrogen) atoms. The first-order chi connectivity index (χ1) is 9.81. The second kappa shape index (κ2) is 6.61. The van der Waals surface area contributed by atoms with Crippen molar-refractivity contribution in [1.29, 1.82) is 0 Å². The first kappa shape index (κ1) is 13.9. The van der Waals surface area contributed by atoms with Crippen molar-refractivity contribution in [2.24, 2.45) is 0 Å². The monoisotopic (exact) mass is 291 g/mol. The Balaban J connectivity index is 1.53. The van der Waals surface area contributed by atoms with Crippen LogP contribution in [0.5, 0.6) is 0 Å². The topological polar surface area (TPSA) is 44.4 Å². The number of carbonyl (C=O) groups is 1. The molecule has 1 aromatic carbocycles. The molecule has 4 nitrogen and oxygen atoms in total. The van der Waals surface area contributed by atoms with Gasteiger partial charge in [0.25, 0.3) is 0 Å². The number of benzene rings is 1. The van der Waals surface area contributed by atoms with Crippen LogP contribution in [0, 0.1) is 0 Å². The van der Waals surface area contributed by atoms with Crippen LogP contribution in [0.25, 0.3) is 0 Å². The van der Waals surface area contributed by atoms with E-state index in [-0.39, 0.29) is 11.9 Å². The molecule has 0 aromatic heterocycles. The Labute approximate surface area is 124 Å². The molecule has 0 spiro atoms. The summed E-state index contributed by atoms with van der Waals surface area (Å²) in [4.78, 5) is 14.5. The van der Waals surface area contributed by atoms with Gasteiger partial charge in [0.15, 0.2) is 0 Å². The molecule has 2 aliphatic rings. The first-order valence-electron chi connectivity index (χ1n) is 7.24. The van der Waals surface area contributed by atoms with Gasteiger partial charge >= 0.3 is 0 Å². The molecule has 2 N–H and O–H groups in total. The molecule has 1 unspecified atom stereocenters. The summed E-state index contributed by atoms with van der Waals surface area (Å²) in [6, 6.07) is 8.19. The van der Waals surface area contributed by atoms with Crippen LogP contribution in [0.1, 0.15) is 18.4 Å². The van der Waals surface area contributed by atoms with Gasteiger partial charge in [0.1, 0.15) is 0 Å². The Morgan fingerprint density at radius 2 is 2.05 bits per heavy atom. The van der Waals surface area contributed by atoms with Crippen molar-refractivity contribution in [2.45, 2.75) is 25.4 Å². The lowest BCUT2D eigenvalue weighted by molar-refractivity contribution is -0.117. The standard InChI is InChI=1S/C15H21N3OS/c19-15(14-10-20-11-16-14)17-13-5-3-12(4-6-13)9-18-7-1-2-8-18/h3-6,14,16H,1-2,7-11H2,(H,17,19). The van der Waals surface area contributed by atoms with E-state index >= 15 is 0 Å². The Kier molecular flexibility index (Phi) is 4.60. The summed E-state index contributed by atoms with van der Waals surface area (Å²) >= 11 is 1.76. The zero-order valence-corrected chi connectivity index (χ0v) is 12.4. The predicted octanol–water partition coefficient (Wildman–Crippen LogP) is 1.88. The van der Waals surface area contributed by atoms with E-state index in [0.29, 0.717) is 0 Å². The van der Waals surface area contributed by atoms with E-state index in [1.165, 1.54) is 31.5 Å². The highest BCUT2D eigenvalue weighted by Crippen LogP contribution is 2.16. The molecule has 0 saturated carbocycles. The van der Waals surface area contributed by atoms with Crippen molar-refractivity contribution in [1.82, 2.24) is 10.2 Å². The number of hydrogen-bond donors (Lipinski definition) is 2. The zero-order valence-electron chi connectivity index (χ0n) is 11.6. The highest BCUT2D eigenvalue weighted by atomic mass is 32.2. The summed E-state index contributed by atoms with van der Waals surface area (Å²) in [7, 11) is 0. The molecule has 0 radical (unpaired) electrons. The normalized spacial score (nSPS) is 23.1. The molecule has 2 saturated heterocycles. The van der Waals surface area contributed by atoms with E-state index < -0.39 is 0 Å². The fourth-order valence-corrected chi connectivity index (χ4v) is 3.63. The second-order valence-corrected chi connectivity index (χ2v) is 6.47. The Hall–Kier alpha value is -1.04. The molecular formula is C15H21N3OS. The van der Waals surface area contributed by atoms with Gasteiger partial charge in [-0.25, -0.2) is 0 Å². The average Bonchev–Trinajstić information content (AvgIpc) is 3.13. The number of hydrogen-bond acceptors (Lipinski definition) is 4. The van der Waals surface area contributed by atoms with Gasteiger partial charge in [-0.05, 0) is 43.6 Å². The number of anilines is 1. The van der Waals surface area contributed by atoms with Gasteiger partial charge in [0.05, 0.1) is 6.04 Å². The number of thioether (sulfide) groups is 1. The SMILES string of the molecule is O=C(Nc1ccc(CN2CCCC2)cc1)C1CSCN1. The van der Waals surface area contributed by atoms with Gasteiger partial charge in [-0.3, -0.25) is 15.0 Å². The average molecular weight is 291 g/mol. The quantitative estimate of drug-likeness (QED) is 0.889. The summed E-state index contributed by atoms with van der Waals surface area (Å²) in [5, 5.41) is 6.16. The lowest BCUT2D eigenvalue weighted by Gasteiger charge is -2.15. The third-order valence-electron chi connectivity index (χ3n) is 3.86. The molecule has 2 aliphatic heterocycles. The summed E-state index contributed by atoms with van der Waals surface area (Å²) < 4.78 is 0. The van der Waals surface area contributed by atoms with E-state index in [2.05, 4.69) is 27.7 Å². The summed E-state index contributed by atoms with van der Waals surface area (Å²) in [6.07, 6.45) is 2.64. The summed E-state index contributed by atoms with van der Waals surface area (Å²) in [6.45, 7) is 3.45. The maximum absolute atomic E-state index is 12.0. The van der Waals surface area contributed by atoms with E-state index in [1.54, 1.807) is 11.8 Å². The third kappa shape index (κ3) is 3.53. The van der Waals surface area contributed by atoms with E-state index in [1.807, 2.05) is 12.1 Å². The first-order valence-corrected chi connectivity index (χ1v) is 8.40. The maximum Gasteiger partial charge on any atom is 0.242 e. The number of carbonyl (C=O) groups excluding carboxylic acids is 1. The van der Waals surface area contributed by atoms with Crippen molar-refractivity contribution >= 4 is 23.4 Å². The van der Waals surface area contributed by atoms with Gasteiger partial charge in [-0.1, -0.05) is 12.1 Å². The van der Waals surface area contributed by atoms with Gasteiger partial charge in [-0.15, -0.1) is 11.8 Å². The van der Waals surface area contributed by atoms with Crippen molar-refractivity contribution < 1.29 is 4.79 Å². The number of amides is 1. The number of likely N-dealkylation sites (tertiary alicyclic amines) is 1. The van der Waals surface area contributed by atoms with Crippen LogP contribution in [0.4, 0.5) is 5.69 Å². The fourth-order valence-electron chi connectivity index (χ4n) is 2.69. The molecule has 5 heteroatoms.